The van der Waals surface area contributed by atoms with E-state index in [9.17, 15) is 0 Å². The molecule has 124 valence electrons. The molecular weight excluding hydrogens is 290 g/mol. The second-order valence-corrected chi connectivity index (χ2v) is 6.91. The summed E-state index contributed by atoms with van der Waals surface area (Å²) < 4.78 is 8.21. The summed E-state index contributed by atoms with van der Waals surface area (Å²) in [6.45, 7) is 8.15. The summed E-state index contributed by atoms with van der Waals surface area (Å²) in [6.07, 6.45) is 5.00. The van der Waals surface area contributed by atoms with Gasteiger partial charge in [0, 0.05) is 37.9 Å². The van der Waals surface area contributed by atoms with E-state index in [2.05, 4.69) is 34.0 Å². The lowest BCUT2D eigenvalue weighted by atomic mass is 9.83. The van der Waals surface area contributed by atoms with Gasteiger partial charge in [0.2, 0.25) is 0 Å². The SMILES string of the molecule is Cc1nn(C)c(C)c1CN1CCC2(CC1)OCCc1cn[nH]c12. The molecule has 6 heteroatoms. The molecule has 1 saturated heterocycles. The van der Waals surface area contributed by atoms with E-state index in [-0.39, 0.29) is 5.60 Å². The lowest BCUT2D eigenvalue weighted by molar-refractivity contribution is -0.102. The predicted molar refractivity (Wildman–Crippen MR) is 87.1 cm³/mol. The van der Waals surface area contributed by atoms with Crippen LogP contribution in [0.5, 0.6) is 0 Å². The van der Waals surface area contributed by atoms with Crippen LogP contribution in [0.4, 0.5) is 0 Å². The maximum atomic E-state index is 6.23. The molecule has 0 unspecified atom stereocenters. The summed E-state index contributed by atoms with van der Waals surface area (Å²) in [7, 11) is 2.02. The van der Waals surface area contributed by atoms with Crippen LogP contribution in [0.15, 0.2) is 6.20 Å². The Balaban J connectivity index is 1.48. The zero-order valence-corrected chi connectivity index (χ0v) is 14.2. The van der Waals surface area contributed by atoms with Gasteiger partial charge in [-0.3, -0.25) is 14.7 Å². The molecule has 1 spiro atoms. The van der Waals surface area contributed by atoms with Crippen molar-refractivity contribution in [3.63, 3.8) is 0 Å². The van der Waals surface area contributed by atoms with Crippen LogP contribution in [0.1, 0.15) is 41.1 Å². The third-order valence-electron chi connectivity index (χ3n) is 5.63. The van der Waals surface area contributed by atoms with Crippen LogP contribution < -0.4 is 0 Å². The maximum absolute atomic E-state index is 6.23. The molecule has 1 N–H and O–H groups in total. The number of aromatic nitrogens is 4. The van der Waals surface area contributed by atoms with Crippen LogP contribution >= 0.6 is 0 Å². The first-order valence-electron chi connectivity index (χ1n) is 8.47. The van der Waals surface area contributed by atoms with Gasteiger partial charge in [-0.05, 0) is 38.7 Å². The molecule has 2 aliphatic heterocycles. The molecule has 0 atom stereocenters. The number of likely N-dealkylation sites (tertiary alicyclic amines) is 1. The zero-order chi connectivity index (χ0) is 16.0. The number of aryl methyl sites for hydroxylation is 2. The van der Waals surface area contributed by atoms with Crippen molar-refractivity contribution in [1.82, 2.24) is 24.9 Å². The minimum atomic E-state index is -0.139. The van der Waals surface area contributed by atoms with Gasteiger partial charge in [0.1, 0.15) is 5.60 Å². The molecule has 0 aliphatic carbocycles. The smallest absolute Gasteiger partial charge is 0.112 e. The van der Waals surface area contributed by atoms with Crippen LogP contribution in [0.25, 0.3) is 0 Å². The van der Waals surface area contributed by atoms with Crippen molar-refractivity contribution >= 4 is 0 Å². The summed E-state index contributed by atoms with van der Waals surface area (Å²) in [5.74, 6) is 0. The van der Waals surface area contributed by atoms with Gasteiger partial charge in [-0.25, -0.2) is 0 Å². The Labute approximate surface area is 136 Å². The van der Waals surface area contributed by atoms with Crippen molar-refractivity contribution in [2.75, 3.05) is 19.7 Å². The van der Waals surface area contributed by atoms with Crippen molar-refractivity contribution < 1.29 is 4.74 Å². The number of hydrogen-bond acceptors (Lipinski definition) is 4. The van der Waals surface area contributed by atoms with Crippen LogP contribution in [-0.2, 0) is 30.4 Å². The van der Waals surface area contributed by atoms with Gasteiger partial charge in [-0.1, -0.05) is 0 Å². The van der Waals surface area contributed by atoms with E-state index in [1.165, 1.54) is 22.5 Å². The highest BCUT2D eigenvalue weighted by molar-refractivity contribution is 5.27. The number of rotatable bonds is 2. The monoisotopic (exact) mass is 315 g/mol. The van der Waals surface area contributed by atoms with Crippen molar-refractivity contribution in [2.45, 2.75) is 45.3 Å². The van der Waals surface area contributed by atoms with Gasteiger partial charge in [-0.15, -0.1) is 0 Å². The Morgan fingerprint density at radius 1 is 1.30 bits per heavy atom. The van der Waals surface area contributed by atoms with Crippen LogP contribution in [0, 0.1) is 13.8 Å². The highest BCUT2D eigenvalue weighted by Gasteiger charge is 2.42. The standard InChI is InChI=1S/C17H25N5O/c1-12-15(13(2)21(3)20-12)11-22-7-5-17(6-8-22)16-14(4-9-23-17)10-18-19-16/h10H,4-9,11H2,1-3H3,(H,18,19). The summed E-state index contributed by atoms with van der Waals surface area (Å²) >= 11 is 0. The topological polar surface area (TPSA) is 59.0 Å². The average molecular weight is 315 g/mol. The molecular formula is C17H25N5O. The summed E-state index contributed by atoms with van der Waals surface area (Å²) in [6, 6.07) is 0. The highest BCUT2D eigenvalue weighted by Crippen LogP contribution is 2.40. The van der Waals surface area contributed by atoms with Crippen molar-refractivity contribution in [3.8, 4) is 0 Å². The molecule has 2 aliphatic rings. The molecule has 23 heavy (non-hydrogen) atoms. The number of piperidine rings is 1. The molecule has 4 heterocycles. The van der Waals surface area contributed by atoms with Crippen molar-refractivity contribution in [1.29, 1.82) is 0 Å². The Morgan fingerprint density at radius 2 is 2.09 bits per heavy atom. The minimum Gasteiger partial charge on any atom is -0.368 e. The summed E-state index contributed by atoms with van der Waals surface area (Å²) in [5, 5.41) is 12.0. The molecule has 0 bridgehead atoms. The van der Waals surface area contributed by atoms with Gasteiger partial charge in [-0.2, -0.15) is 10.2 Å². The Morgan fingerprint density at radius 3 is 2.78 bits per heavy atom. The molecule has 0 aromatic carbocycles. The third-order valence-corrected chi connectivity index (χ3v) is 5.63. The predicted octanol–water partition coefficient (Wildman–Crippen LogP) is 1.82. The lowest BCUT2D eigenvalue weighted by Gasteiger charge is -2.43. The quantitative estimate of drug-likeness (QED) is 0.918. The maximum Gasteiger partial charge on any atom is 0.112 e. The third kappa shape index (κ3) is 2.40. The Bertz CT molecular complexity index is 709. The normalized spacial score (nSPS) is 20.8. The van der Waals surface area contributed by atoms with E-state index >= 15 is 0 Å². The van der Waals surface area contributed by atoms with E-state index in [0.29, 0.717) is 0 Å². The number of ether oxygens (including phenoxy) is 1. The first kappa shape index (κ1) is 14.9. The van der Waals surface area contributed by atoms with E-state index in [4.69, 9.17) is 4.74 Å². The van der Waals surface area contributed by atoms with Gasteiger partial charge >= 0.3 is 0 Å². The molecule has 6 nitrogen and oxygen atoms in total. The second-order valence-electron chi connectivity index (χ2n) is 6.91. The van der Waals surface area contributed by atoms with Crippen molar-refractivity contribution in [3.05, 3.63) is 34.4 Å². The van der Waals surface area contributed by atoms with Crippen LogP contribution in [0.3, 0.4) is 0 Å². The van der Waals surface area contributed by atoms with Crippen molar-refractivity contribution in [2.24, 2.45) is 7.05 Å². The van der Waals surface area contributed by atoms with Gasteiger partial charge < -0.3 is 4.74 Å². The number of nitrogens with zero attached hydrogens (tertiary/aromatic N) is 4. The summed E-state index contributed by atoms with van der Waals surface area (Å²) in [4.78, 5) is 2.52. The fourth-order valence-corrected chi connectivity index (χ4v) is 4.06. The largest absolute Gasteiger partial charge is 0.368 e. The van der Waals surface area contributed by atoms with E-state index < -0.39 is 0 Å². The highest BCUT2D eigenvalue weighted by atomic mass is 16.5. The minimum absolute atomic E-state index is 0.139. The van der Waals surface area contributed by atoms with Gasteiger partial charge in [0.05, 0.1) is 24.2 Å². The van der Waals surface area contributed by atoms with E-state index in [1.54, 1.807) is 0 Å². The fraction of sp³-hybridized carbons (Fsp3) is 0.647. The van der Waals surface area contributed by atoms with Gasteiger partial charge in [0.15, 0.2) is 0 Å². The Kier molecular flexibility index (Phi) is 3.54. The number of nitrogens with one attached hydrogen (secondary N) is 1. The zero-order valence-electron chi connectivity index (χ0n) is 14.2. The molecule has 0 saturated carbocycles. The van der Waals surface area contributed by atoms with Gasteiger partial charge in [0.25, 0.3) is 0 Å². The molecule has 2 aromatic rings. The first-order chi connectivity index (χ1) is 11.1. The number of aromatic amines is 1. The molecule has 4 rings (SSSR count). The van der Waals surface area contributed by atoms with E-state index in [0.717, 1.165) is 51.2 Å². The summed E-state index contributed by atoms with van der Waals surface area (Å²) in [5.41, 5.74) is 6.21. The Hall–Kier alpha value is -1.66. The molecule has 2 aromatic heterocycles. The molecule has 1 fully saturated rings. The first-order valence-corrected chi connectivity index (χ1v) is 8.47. The number of fused-ring (bicyclic) bond motifs is 2. The fourth-order valence-electron chi connectivity index (χ4n) is 4.06. The lowest BCUT2D eigenvalue weighted by Crippen LogP contribution is -2.46. The number of H-pyrrole nitrogens is 1. The number of hydrogen-bond donors (Lipinski definition) is 1. The molecule has 0 radical (unpaired) electrons. The van der Waals surface area contributed by atoms with Crippen LogP contribution in [0.2, 0.25) is 0 Å². The van der Waals surface area contributed by atoms with E-state index in [1.807, 2.05) is 17.9 Å². The molecule has 0 amide bonds. The van der Waals surface area contributed by atoms with Crippen LogP contribution in [-0.4, -0.2) is 44.6 Å². The average Bonchev–Trinajstić information content (AvgIpc) is 3.11. The second kappa shape index (κ2) is 5.46.